The Labute approximate surface area is 130 Å². The number of H-pyrrole nitrogens is 1. The van der Waals surface area contributed by atoms with Gasteiger partial charge in [-0.1, -0.05) is 12.1 Å². The monoisotopic (exact) mass is 299 g/mol. The lowest BCUT2D eigenvalue weighted by molar-refractivity contribution is 0.0600. The van der Waals surface area contributed by atoms with Crippen molar-refractivity contribution in [3.63, 3.8) is 0 Å². The predicted molar refractivity (Wildman–Crippen MR) is 83.6 cm³/mol. The van der Waals surface area contributed by atoms with Crippen LogP contribution in [0.5, 0.6) is 0 Å². The number of hydrogen-bond acceptors (Lipinski definition) is 4. The first-order valence-corrected chi connectivity index (χ1v) is 7.65. The molecule has 0 radical (unpaired) electrons. The third-order valence-corrected chi connectivity index (χ3v) is 4.25. The van der Waals surface area contributed by atoms with Crippen LogP contribution in [0, 0.1) is 0 Å². The molecule has 0 amide bonds. The number of carbonyl (C=O) groups is 1. The Bertz CT molecular complexity index is 607. The van der Waals surface area contributed by atoms with E-state index < -0.39 is 0 Å². The van der Waals surface area contributed by atoms with Crippen molar-refractivity contribution in [3.8, 4) is 0 Å². The van der Waals surface area contributed by atoms with Gasteiger partial charge in [-0.15, -0.1) is 0 Å². The van der Waals surface area contributed by atoms with Crippen LogP contribution in [0.2, 0.25) is 0 Å². The van der Waals surface area contributed by atoms with Crippen LogP contribution in [-0.4, -0.2) is 41.3 Å². The fourth-order valence-corrected chi connectivity index (χ4v) is 3.07. The first-order chi connectivity index (χ1) is 10.8. The summed E-state index contributed by atoms with van der Waals surface area (Å²) in [4.78, 5) is 13.9. The van der Waals surface area contributed by atoms with Gasteiger partial charge in [0.15, 0.2) is 0 Å². The van der Waals surface area contributed by atoms with E-state index >= 15 is 0 Å². The Morgan fingerprint density at radius 3 is 2.86 bits per heavy atom. The number of methoxy groups -OCH3 is 1. The summed E-state index contributed by atoms with van der Waals surface area (Å²) in [5.74, 6) is 0.245. The molecule has 1 saturated heterocycles. The van der Waals surface area contributed by atoms with Gasteiger partial charge in [0, 0.05) is 30.9 Å². The molecule has 0 saturated carbocycles. The van der Waals surface area contributed by atoms with Gasteiger partial charge >= 0.3 is 5.97 Å². The zero-order valence-electron chi connectivity index (χ0n) is 12.8. The average molecular weight is 299 g/mol. The number of ether oxygens (including phenoxy) is 1. The molecule has 0 bridgehead atoms. The number of piperidine rings is 1. The highest BCUT2D eigenvalue weighted by Gasteiger charge is 2.22. The van der Waals surface area contributed by atoms with Gasteiger partial charge in [0.05, 0.1) is 12.7 Å². The largest absolute Gasteiger partial charge is 0.465 e. The van der Waals surface area contributed by atoms with E-state index in [2.05, 4.69) is 21.2 Å². The van der Waals surface area contributed by atoms with Gasteiger partial charge in [0.1, 0.15) is 0 Å². The third kappa shape index (κ3) is 3.36. The van der Waals surface area contributed by atoms with Crippen molar-refractivity contribution in [3.05, 3.63) is 53.3 Å². The number of hydrogen-bond donors (Lipinski definition) is 1. The molecule has 2 heterocycles. The second-order valence-electron chi connectivity index (χ2n) is 5.77. The number of esters is 1. The van der Waals surface area contributed by atoms with Crippen molar-refractivity contribution >= 4 is 5.97 Å². The lowest BCUT2D eigenvalue weighted by Gasteiger charge is -2.32. The molecule has 1 aliphatic rings. The molecule has 5 nitrogen and oxygen atoms in total. The molecular formula is C17H21N3O2. The molecule has 0 aliphatic carbocycles. The van der Waals surface area contributed by atoms with E-state index in [1.54, 1.807) is 0 Å². The Kier molecular flexibility index (Phi) is 4.53. The van der Waals surface area contributed by atoms with Crippen LogP contribution in [0.3, 0.4) is 0 Å². The van der Waals surface area contributed by atoms with Gasteiger partial charge in [-0.25, -0.2) is 4.79 Å². The molecule has 116 valence electrons. The number of likely N-dealkylation sites (tertiary alicyclic amines) is 1. The van der Waals surface area contributed by atoms with Gasteiger partial charge in [0.25, 0.3) is 0 Å². The minimum atomic E-state index is -0.288. The van der Waals surface area contributed by atoms with Crippen LogP contribution in [0.4, 0.5) is 0 Å². The van der Waals surface area contributed by atoms with E-state index in [1.165, 1.54) is 31.2 Å². The number of rotatable bonds is 4. The molecule has 1 aliphatic heterocycles. The Morgan fingerprint density at radius 1 is 1.36 bits per heavy atom. The van der Waals surface area contributed by atoms with Gasteiger partial charge in [-0.2, -0.15) is 5.10 Å². The van der Waals surface area contributed by atoms with Crippen molar-refractivity contribution in [2.24, 2.45) is 0 Å². The van der Waals surface area contributed by atoms with E-state index in [0.29, 0.717) is 11.5 Å². The van der Waals surface area contributed by atoms with Crippen molar-refractivity contribution in [1.29, 1.82) is 0 Å². The summed E-state index contributed by atoms with van der Waals surface area (Å²) in [6.45, 7) is 3.07. The SMILES string of the molecule is COC(=O)c1ccc(CN2CCC[C@H](c3ccn[nH]3)C2)cc1. The second kappa shape index (κ2) is 6.75. The quantitative estimate of drug-likeness (QED) is 0.882. The van der Waals surface area contributed by atoms with Crippen LogP contribution in [-0.2, 0) is 11.3 Å². The van der Waals surface area contributed by atoms with Crippen LogP contribution in [0.25, 0.3) is 0 Å². The summed E-state index contributed by atoms with van der Waals surface area (Å²) in [6.07, 6.45) is 4.23. The summed E-state index contributed by atoms with van der Waals surface area (Å²) < 4.78 is 4.72. The summed E-state index contributed by atoms with van der Waals surface area (Å²) in [6, 6.07) is 9.74. The Morgan fingerprint density at radius 2 is 2.18 bits per heavy atom. The Hall–Kier alpha value is -2.14. The molecular weight excluding hydrogens is 278 g/mol. The lowest BCUT2D eigenvalue weighted by Crippen LogP contribution is -2.34. The molecule has 5 heteroatoms. The molecule has 2 aromatic rings. The standard InChI is InChI=1S/C17H21N3O2/c1-22-17(21)14-6-4-13(5-7-14)11-20-10-2-3-15(12-20)16-8-9-18-19-16/h4-9,15H,2-3,10-12H2,1H3,(H,18,19)/t15-/m0/s1. The predicted octanol–water partition coefficient (Wildman–Crippen LogP) is 2.58. The number of aromatic nitrogens is 2. The van der Waals surface area contributed by atoms with Gasteiger partial charge in [0.2, 0.25) is 0 Å². The average Bonchev–Trinajstić information content (AvgIpc) is 3.10. The lowest BCUT2D eigenvalue weighted by atomic mass is 9.94. The van der Waals surface area contributed by atoms with Crippen molar-refractivity contribution in [1.82, 2.24) is 15.1 Å². The summed E-state index contributed by atoms with van der Waals surface area (Å²) >= 11 is 0. The highest BCUT2D eigenvalue weighted by Crippen LogP contribution is 2.26. The molecule has 22 heavy (non-hydrogen) atoms. The highest BCUT2D eigenvalue weighted by molar-refractivity contribution is 5.89. The zero-order valence-corrected chi connectivity index (χ0v) is 12.8. The van der Waals surface area contributed by atoms with Crippen LogP contribution < -0.4 is 0 Å². The minimum Gasteiger partial charge on any atom is -0.465 e. The summed E-state index contributed by atoms with van der Waals surface area (Å²) in [5.41, 5.74) is 3.05. The molecule has 1 aromatic heterocycles. The molecule has 1 aromatic carbocycles. The molecule has 0 spiro atoms. The van der Waals surface area contributed by atoms with E-state index in [-0.39, 0.29) is 5.97 Å². The van der Waals surface area contributed by atoms with E-state index in [4.69, 9.17) is 4.74 Å². The maximum Gasteiger partial charge on any atom is 0.337 e. The summed E-state index contributed by atoms with van der Waals surface area (Å²) in [7, 11) is 1.40. The molecule has 1 N–H and O–H groups in total. The number of aromatic amines is 1. The normalized spacial score (nSPS) is 19.0. The van der Waals surface area contributed by atoms with Crippen molar-refractivity contribution in [2.75, 3.05) is 20.2 Å². The molecule has 1 fully saturated rings. The smallest absolute Gasteiger partial charge is 0.337 e. The fraction of sp³-hybridized carbons (Fsp3) is 0.412. The highest BCUT2D eigenvalue weighted by atomic mass is 16.5. The fourth-order valence-electron chi connectivity index (χ4n) is 3.07. The minimum absolute atomic E-state index is 0.288. The van der Waals surface area contributed by atoms with E-state index in [0.717, 1.165) is 19.6 Å². The zero-order chi connectivity index (χ0) is 15.4. The first kappa shape index (κ1) is 14.8. The van der Waals surface area contributed by atoms with E-state index in [9.17, 15) is 4.79 Å². The molecule has 1 atom stereocenters. The summed E-state index contributed by atoms with van der Waals surface area (Å²) in [5, 5.41) is 7.14. The van der Waals surface area contributed by atoms with Gasteiger partial charge in [-0.3, -0.25) is 10.00 Å². The Balaban J connectivity index is 1.61. The number of carbonyl (C=O) groups excluding carboxylic acids is 1. The number of nitrogens with one attached hydrogen (secondary N) is 1. The maximum atomic E-state index is 11.4. The third-order valence-electron chi connectivity index (χ3n) is 4.25. The van der Waals surface area contributed by atoms with Gasteiger partial charge < -0.3 is 4.74 Å². The van der Waals surface area contributed by atoms with Crippen LogP contribution >= 0.6 is 0 Å². The second-order valence-corrected chi connectivity index (χ2v) is 5.77. The maximum absolute atomic E-state index is 11.4. The van der Waals surface area contributed by atoms with E-state index in [1.807, 2.05) is 30.5 Å². The first-order valence-electron chi connectivity index (χ1n) is 7.65. The molecule has 3 rings (SSSR count). The number of nitrogens with zero attached hydrogens (tertiary/aromatic N) is 2. The van der Waals surface area contributed by atoms with Crippen molar-refractivity contribution in [2.45, 2.75) is 25.3 Å². The topological polar surface area (TPSA) is 58.2 Å². The van der Waals surface area contributed by atoms with Crippen molar-refractivity contribution < 1.29 is 9.53 Å². The number of benzene rings is 1. The molecule has 0 unspecified atom stereocenters. The van der Waals surface area contributed by atoms with Crippen LogP contribution in [0.1, 0.15) is 40.4 Å². The van der Waals surface area contributed by atoms with Crippen LogP contribution in [0.15, 0.2) is 36.5 Å². The van der Waals surface area contributed by atoms with Gasteiger partial charge in [-0.05, 0) is 43.1 Å².